The second-order valence-electron chi connectivity index (χ2n) is 7.60. The van der Waals surface area contributed by atoms with Gasteiger partial charge in [0, 0.05) is 57.1 Å². The molecule has 0 unspecified atom stereocenters. The van der Waals surface area contributed by atoms with Gasteiger partial charge >= 0.3 is 0 Å². The van der Waals surface area contributed by atoms with Gasteiger partial charge in [-0.05, 0) is 49.6 Å². The molecule has 2 fully saturated rings. The molecule has 2 aliphatic heterocycles. The van der Waals surface area contributed by atoms with Gasteiger partial charge in [0.15, 0.2) is 0 Å². The first-order valence-corrected chi connectivity index (χ1v) is 9.97. The molecule has 1 aromatic carbocycles. The lowest BCUT2D eigenvalue weighted by atomic mass is 10.0. The van der Waals surface area contributed by atoms with Gasteiger partial charge in [-0.3, -0.25) is 9.69 Å². The summed E-state index contributed by atoms with van der Waals surface area (Å²) in [7, 11) is 0. The number of nitrogens with zero attached hydrogens (tertiary/aromatic N) is 4. The van der Waals surface area contributed by atoms with E-state index in [0.717, 1.165) is 63.5 Å². The zero-order valence-electron chi connectivity index (χ0n) is 16.1. The Kier molecular flexibility index (Phi) is 5.39. The lowest BCUT2D eigenvalue weighted by Gasteiger charge is -2.43. The second-order valence-corrected chi connectivity index (χ2v) is 7.60. The van der Waals surface area contributed by atoms with Crippen molar-refractivity contribution in [3.63, 3.8) is 0 Å². The van der Waals surface area contributed by atoms with Crippen LogP contribution in [-0.2, 0) is 0 Å². The van der Waals surface area contributed by atoms with Crippen molar-refractivity contribution in [3.8, 4) is 0 Å². The zero-order valence-corrected chi connectivity index (χ0v) is 16.1. The highest BCUT2D eigenvalue weighted by atomic mass is 16.2. The third-order valence-electron chi connectivity index (χ3n) is 5.83. The Labute approximate surface area is 161 Å². The number of anilines is 1. The second kappa shape index (κ2) is 8.09. The fraction of sp³-hybridized carbons (Fsp3) is 0.455. The highest BCUT2D eigenvalue weighted by Crippen LogP contribution is 2.22. The van der Waals surface area contributed by atoms with E-state index in [1.54, 1.807) is 0 Å². The number of hydrogen-bond donors (Lipinski definition) is 0. The van der Waals surface area contributed by atoms with Crippen LogP contribution in [0.2, 0.25) is 0 Å². The molecular formula is C22H28N4O. The largest absolute Gasteiger partial charge is 0.354 e. The third-order valence-corrected chi connectivity index (χ3v) is 5.83. The maximum Gasteiger partial charge on any atom is 0.253 e. The average Bonchev–Trinajstić information content (AvgIpc) is 2.74. The van der Waals surface area contributed by atoms with Crippen LogP contribution in [0.4, 0.5) is 5.82 Å². The van der Waals surface area contributed by atoms with E-state index in [1.165, 1.54) is 5.56 Å². The molecule has 2 saturated heterocycles. The first-order valence-electron chi connectivity index (χ1n) is 9.97. The van der Waals surface area contributed by atoms with Crippen molar-refractivity contribution in [1.82, 2.24) is 14.8 Å². The molecule has 0 N–H and O–H groups in total. The zero-order chi connectivity index (χ0) is 18.6. The maximum absolute atomic E-state index is 12.6. The van der Waals surface area contributed by atoms with Crippen molar-refractivity contribution >= 4 is 11.7 Å². The van der Waals surface area contributed by atoms with E-state index in [0.29, 0.717) is 6.04 Å². The van der Waals surface area contributed by atoms with Gasteiger partial charge < -0.3 is 9.80 Å². The molecule has 1 aromatic heterocycles. The summed E-state index contributed by atoms with van der Waals surface area (Å²) >= 11 is 0. The van der Waals surface area contributed by atoms with E-state index in [4.69, 9.17) is 0 Å². The highest BCUT2D eigenvalue weighted by molar-refractivity contribution is 5.94. The number of piperidine rings is 1. The average molecular weight is 364 g/mol. The number of aryl methyl sites for hydroxylation is 1. The molecule has 0 bridgehead atoms. The molecule has 0 spiro atoms. The van der Waals surface area contributed by atoms with E-state index in [-0.39, 0.29) is 5.91 Å². The van der Waals surface area contributed by atoms with E-state index in [9.17, 15) is 4.79 Å². The lowest BCUT2D eigenvalue weighted by Crippen LogP contribution is -2.54. The van der Waals surface area contributed by atoms with Gasteiger partial charge in [-0.15, -0.1) is 0 Å². The van der Waals surface area contributed by atoms with Gasteiger partial charge in [0.25, 0.3) is 5.91 Å². The van der Waals surface area contributed by atoms with Crippen LogP contribution in [0.3, 0.4) is 0 Å². The SMILES string of the molecule is Cc1ccnc(N2CCN(C3CCN(C(=O)c4ccccc4)CC3)CC2)c1. The van der Waals surface area contributed by atoms with Gasteiger partial charge in [0.1, 0.15) is 5.82 Å². The van der Waals surface area contributed by atoms with Crippen LogP contribution in [-0.4, -0.2) is 66.0 Å². The van der Waals surface area contributed by atoms with Gasteiger partial charge in [-0.25, -0.2) is 4.98 Å². The van der Waals surface area contributed by atoms with Crippen molar-refractivity contribution in [1.29, 1.82) is 0 Å². The molecule has 4 rings (SSSR count). The summed E-state index contributed by atoms with van der Waals surface area (Å²) in [6.45, 7) is 8.04. The number of benzene rings is 1. The molecule has 2 aliphatic rings. The Morgan fingerprint density at radius 2 is 1.67 bits per heavy atom. The van der Waals surface area contributed by atoms with E-state index in [1.807, 2.05) is 47.5 Å². The van der Waals surface area contributed by atoms with Gasteiger partial charge in [-0.2, -0.15) is 0 Å². The molecule has 0 saturated carbocycles. The Hall–Kier alpha value is -2.40. The van der Waals surface area contributed by atoms with Crippen LogP contribution >= 0.6 is 0 Å². The molecule has 142 valence electrons. The molecule has 27 heavy (non-hydrogen) atoms. The lowest BCUT2D eigenvalue weighted by molar-refractivity contribution is 0.0611. The summed E-state index contributed by atoms with van der Waals surface area (Å²) in [5.41, 5.74) is 2.06. The quantitative estimate of drug-likeness (QED) is 0.840. The number of rotatable bonds is 3. The Morgan fingerprint density at radius 1 is 0.963 bits per heavy atom. The fourth-order valence-electron chi connectivity index (χ4n) is 4.21. The van der Waals surface area contributed by atoms with E-state index >= 15 is 0 Å². The number of pyridine rings is 1. The van der Waals surface area contributed by atoms with Crippen LogP contribution in [0.15, 0.2) is 48.7 Å². The molecule has 1 amide bonds. The number of carbonyl (C=O) groups excluding carboxylic acids is 1. The summed E-state index contributed by atoms with van der Waals surface area (Å²) in [5.74, 6) is 1.27. The van der Waals surface area contributed by atoms with Crippen LogP contribution in [0.1, 0.15) is 28.8 Å². The van der Waals surface area contributed by atoms with Crippen LogP contribution < -0.4 is 4.90 Å². The predicted molar refractivity (Wildman–Crippen MR) is 108 cm³/mol. The van der Waals surface area contributed by atoms with Crippen LogP contribution in [0, 0.1) is 6.92 Å². The van der Waals surface area contributed by atoms with Crippen molar-refractivity contribution < 1.29 is 4.79 Å². The maximum atomic E-state index is 12.6. The minimum absolute atomic E-state index is 0.171. The minimum Gasteiger partial charge on any atom is -0.354 e. The number of aromatic nitrogens is 1. The van der Waals surface area contributed by atoms with E-state index in [2.05, 4.69) is 27.8 Å². The summed E-state index contributed by atoms with van der Waals surface area (Å²) < 4.78 is 0. The monoisotopic (exact) mass is 364 g/mol. The summed E-state index contributed by atoms with van der Waals surface area (Å²) in [4.78, 5) is 24.1. The topological polar surface area (TPSA) is 39.7 Å². The van der Waals surface area contributed by atoms with Crippen molar-refractivity contribution in [2.45, 2.75) is 25.8 Å². The molecule has 0 atom stereocenters. The first-order chi connectivity index (χ1) is 13.2. The van der Waals surface area contributed by atoms with Crippen LogP contribution in [0.5, 0.6) is 0 Å². The van der Waals surface area contributed by atoms with E-state index < -0.39 is 0 Å². The Balaban J connectivity index is 1.28. The minimum atomic E-state index is 0.171. The summed E-state index contributed by atoms with van der Waals surface area (Å²) in [6.07, 6.45) is 4.04. The molecular weight excluding hydrogens is 336 g/mol. The molecule has 0 aliphatic carbocycles. The summed E-state index contributed by atoms with van der Waals surface area (Å²) in [6, 6.07) is 14.4. The van der Waals surface area contributed by atoms with Crippen molar-refractivity contribution in [2.75, 3.05) is 44.2 Å². The molecule has 3 heterocycles. The number of likely N-dealkylation sites (tertiary alicyclic amines) is 1. The number of piperazine rings is 1. The molecule has 5 nitrogen and oxygen atoms in total. The molecule has 0 radical (unpaired) electrons. The van der Waals surface area contributed by atoms with Crippen molar-refractivity contribution in [3.05, 3.63) is 59.8 Å². The standard InChI is InChI=1S/C22H28N4O/c1-18-7-10-23-21(17-18)25-15-13-24(14-16-25)20-8-11-26(12-9-20)22(27)19-5-3-2-4-6-19/h2-7,10,17,20H,8-9,11-16H2,1H3. The fourth-order valence-corrected chi connectivity index (χ4v) is 4.21. The smallest absolute Gasteiger partial charge is 0.253 e. The predicted octanol–water partition coefficient (Wildman–Crippen LogP) is 2.82. The van der Waals surface area contributed by atoms with Crippen molar-refractivity contribution in [2.24, 2.45) is 0 Å². The first kappa shape index (κ1) is 18.0. The van der Waals surface area contributed by atoms with Gasteiger partial charge in [-0.1, -0.05) is 18.2 Å². The molecule has 5 heteroatoms. The normalized spacial score (nSPS) is 19.3. The number of amides is 1. The Bertz CT molecular complexity index is 763. The number of carbonyl (C=O) groups is 1. The molecule has 2 aromatic rings. The Morgan fingerprint density at radius 3 is 2.33 bits per heavy atom. The highest BCUT2D eigenvalue weighted by Gasteiger charge is 2.29. The third kappa shape index (κ3) is 4.14. The van der Waals surface area contributed by atoms with Crippen LogP contribution in [0.25, 0.3) is 0 Å². The van der Waals surface area contributed by atoms with Gasteiger partial charge in [0.2, 0.25) is 0 Å². The van der Waals surface area contributed by atoms with Gasteiger partial charge in [0.05, 0.1) is 0 Å². The number of hydrogen-bond acceptors (Lipinski definition) is 4. The summed E-state index contributed by atoms with van der Waals surface area (Å²) in [5, 5.41) is 0.